The molecule has 0 bridgehead atoms. The van der Waals surface area contributed by atoms with Gasteiger partial charge in [-0.25, -0.2) is 0 Å². The molecule has 1 aromatic carbocycles. The molecule has 4 heteroatoms. The van der Waals surface area contributed by atoms with Gasteiger partial charge in [-0.1, -0.05) is 12.1 Å². The van der Waals surface area contributed by atoms with E-state index in [1.54, 1.807) is 0 Å². The normalized spacial score (nSPS) is 11.0. The molecule has 0 saturated carbocycles. The zero-order chi connectivity index (χ0) is 15.4. The molecule has 0 unspecified atom stereocenters. The number of hydrogen-bond acceptors (Lipinski definition) is 3. The summed E-state index contributed by atoms with van der Waals surface area (Å²) in [6.45, 7) is 10.7. The highest BCUT2D eigenvalue weighted by Gasteiger charge is 2.03. The second-order valence-electron chi connectivity index (χ2n) is 5.76. The highest BCUT2D eigenvalue weighted by Crippen LogP contribution is 2.22. The largest absolute Gasteiger partial charge is 0.507 e. The Morgan fingerprint density at radius 1 is 1.10 bits per heavy atom. The lowest BCUT2D eigenvalue weighted by Gasteiger charge is -2.09. The second kappa shape index (κ2) is 6.76. The van der Waals surface area contributed by atoms with Gasteiger partial charge in [0.15, 0.2) is 0 Å². The Labute approximate surface area is 126 Å². The number of nitrogens with one attached hydrogen (secondary N) is 1. The second-order valence-corrected chi connectivity index (χ2v) is 5.76. The number of phenolic OH excluding ortho intramolecular Hbond substituents is 1. The lowest BCUT2D eigenvalue weighted by molar-refractivity contribution is 0.466. The summed E-state index contributed by atoms with van der Waals surface area (Å²) < 4.78 is 2.06. The van der Waals surface area contributed by atoms with Gasteiger partial charge >= 0.3 is 0 Å². The molecule has 114 valence electrons. The third-order valence-corrected chi connectivity index (χ3v) is 3.71. The van der Waals surface area contributed by atoms with Crippen molar-refractivity contribution in [2.45, 2.75) is 47.2 Å². The number of phenols is 1. The minimum absolute atomic E-state index is 0.406. The maximum Gasteiger partial charge on any atom is 0.121 e. The molecule has 4 nitrogen and oxygen atoms in total. The first-order valence-corrected chi connectivity index (χ1v) is 7.48. The number of nitrogens with zero attached hydrogens (tertiary/aromatic N) is 2. The molecule has 0 spiro atoms. The number of benzene rings is 1. The van der Waals surface area contributed by atoms with Crippen molar-refractivity contribution in [1.82, 2.24) is 15.1 Å². The number of aryl methyl sites for hydroxylation is 5. The maximum atomic E-state index is 9.76. The molecule has 0 radical (unpaired) electrons. The van der Waals surface area contributed by atoms with E-state index >= 15 is 0 Å². The van der Waals surface area contributed by atoms with Crippen LogP contribution in [0.2, 0.25) is 0 Å². The van der Waals surface area contributed by atoms with E-state index in [1.807, 2.05) is 32.9 Å². The van der Waals surface area contributed by atoms with E-state index in [9.17, 15) is 5.11 Å². The minimum atomic E-state index is 0.406. The van der Waals surface area contributed by atoms with Gasteiger partial charge < -0.3 is 10.4 Å². The lowest BCUT2D eigenvalue weighted by atomic mass is 10.1. The topological polar surface area (TPSA) is 50.1 Å². The standard InChI is InChI=1S/C17H25N3O/c1-12-8-16(9-13(2)17(12)21)11-18-6-5-7-20-15(4)10-14(3)19-20/h8-10,18,21H,5-7,11H2,1-4H3. The molecule has 0 aliphatic heterocycles. The Hall–Kier alpha value is -1.81. The van der Waals surface area contributed by atoms with E-state index in [0.29, 0.717) is 5.75 Å². The van der Waals surface area contributed by atoms with E-state index in [4.69, 9.17) is 0 Å². The van der Waals surface area contributed by atoms with Crippen molar-refractivity contribution in [3.05, 3.63) is 46.3 Å². The maximum absolute atomic E-state index is 9.76. The summed E-state index contributed by atoms with van der Waals surface area (Å²) in [5.41, 5.74) is 5.39. The summed E-state index contributed by atoms with van der Waals surface area (Å²) in [5.74, 6) is 0.406. The average Bonchev–Trinajstić information content (AvgIpc) is 2.74. The molecule has 0 aliphatic carbocycles. The Morgan fingerprint density at radius 3 is 2.33 bits per heavy atom. The predicted molar refractivity (Wildman–Crippen MR) is 85.6 cm³/mol. The predicted octanol–water partition coefficient (Wildman–Crippen LogP) is 3.00. The summed E-state index contributed by atoms with van der Waals surface area (Å²) in [6, 6.07) is 6.18. The zero-order valence-corrected chi connectivity index (χ0v) is 13.4. The van der Waals surface area contributed by atoms with E-state index < -0.39 is 0 Å². The van der Waals surface area contributed by atoms with Crippen LogP contribution in [-0.4, -0.2) is 21.4 Å². The SMILES string of the molecule is Cc1cc(C)n(CCCNCc2cc(C)c(O)c(C)c2)n1. The fraction of sp³-hybridized carbons (Fsp3) is 0.471. The lowest BCUT2D eigenvalue weighted by Crippen LogP contribution is -2.17. The van der Waals surface area contributed by atoms with Crippen molar-refractivity contribution in [1.29, 1.82) is 0 Å². The molecule has 0 atom stereocenters. The van der Waals surface area contributed by atoms with Crippen molar-refractivity contribution in [2.75, 3.05) is 6.54 Å². The van der Waals surface area contributed by atoms with Crippen LogP contribution in [0.1, 0.15) is 34.5 Å². The van der Waals surface area contributed by atoms with Crippen molar-refractivity contribution in [2.24, 2.45) is 0 Å². The van der Waals surface area contributed by atoms with Crippen LogP contribution >= 0.6 is 0 Å². The number of rotatable bonds is 6. The summed E-state index contributed by atoms with van der Waals surface area (Å²) >= 11 is 0. The minimum Gasteiger partial charge on any atom is -0.507 e. The first-order chi connectivity index (χ1) is 9.97. The Bertz CT molecular complexity index is 593. The van der Waals surface area contributed by atoms with E-state index in [2.05, 4.69) is 28.1 Å². The van der Waals surface area contributed by atoms with Crippen LogP contribution < -0.4 is 5.32 Å². The van der Waals surface area contributed by atoms with Gasteiger partial charge in [0.05, 0.1) is 5.69 Å². The molecule has 1 heterocycles. The molecule has 21 heavy (non-hydrogen) atoms. The molecule has 2 aromatic rings. The van der Waals surface area contributed by atoms with Gasteiger partial charge in [0.1, 0.15) is 5.75 Å². The Morgan fingerprint density at radius 2 is 1.76 bits per heavy atom. The Kier molecular flexibility index (Phi) is 5.02. The van der Waals surface area contributed by atoms with Crippen LogP contribution in [0.3, 0.4) is 0 Å². The van der Waals surface area contributed by atoms with Crippen LogP contribution in [0, 0.1) is 27.7 Å². The molecule has 2 N–H and O–H groups in total. The third-order valence-electron chi connectivity index (χ3n) is 3.71. The van der Waals surface area contributed by atoms with E-state index in [0.717, 1.165) is 42.9 Å². The fourth-order valence-corrected chi connectivity index (χ4v) is 2.64. The monoisotopic (exact) mass is 287 g/mol. The van der Waals surface area contributed by atoms with Crippen LogP contribution in [0.15, 0.2) is 18.2 Å². The quantitative estimate of drug-likeness (QED) is 0.803. The first kappa shape index (κ1) is 15.6. The molecule has 0 amide bonds. The smallest absolute Gasteiger partial charge is 0.121 e. The van der Waals surface area contributed by atoms with E-state index in [-0.39, 0.29) is 0 Å². The molecular formula is C17H25N3O. The van der Waals surface area contributed by atoms with Gasteiger partial charge in [-0.05, 0) is 63.4 Å². The third kappa shape index (κ3) is 4.08. The summed E-state index contributed by atoms with van der Waals surface area (Å²) in [7, 11) is 0. The van der Waals surface area contributed by atoms with Gasteiger partial charge in [0.25, 0.3) is 0 Å². The van der Waals surface area contributed by atoms with Crippen molar-refractivity contribution in [3.63, 3.8) is 0 Å². The summed E-state index contributed by atoms with van der Waals surface area (Å²) in [5, 5.41) is 17.7. The van der Waals surface area contributed by atoms with Crippen LogP contribution in [-0.2, 0) is 13.1 Å². The van der Waals surface area contributed by atoms with Crippen LogP contribution in [0.25, 0.3) is 0 Å². The Balaban J connectivity index is 1.76. The van der Waals surface area contributed by atoms with Gasteiger partial charge in [-0.2, -0.15) is 5.10 Å². The molecule has 0 aliphatic rings. The molecule has 2 rings (SSSR count). The number of hydrogen-bond donors (Lipinski definition) is 2. The molecule has 0 fully saturated rings. The van der Waals surface area contributed by atoms with Crippen LogP contribution in [0.5, 0.6) is 5.75 Å². The summed E-state index contributed by atoms with van der Waals surface area (Å²) in [6.07, 6.45) is 1.05. The van der Waals surface area contributed by atoms with Crippen LogP contribution in [0.4, 0.5) is 0 Å². The summed E-state index contributed by atoms with van der Waals surface area (Å²) in [4.78, 5) is 0. The average molecular weight is 287 g/mol. The van der Waals surface area contributed by atoms with Crippen molar-refractivity contribution < 1.29 is 5.11 Å². The van der Waals surface area contributed by atoms with Crippen molar-refractivity contribution in [3.8, 4) is 5.75 Å². The van der Waals surface area contributed by atoms with E-state index in [1.165, 1.54) is 11.3 Å². The van der Waals surface area contributed by atoms with Gasteiger partial charge in [-0.15, -0.1) is 0 Å². The zero-order valence-electron chi connectivity index (χ0n) is 13.4. The molecule has 0 saturated heterocycles. The highest BCUT2D eigenvalue weighted by atomic mass is 16.3. The highest BCUT2D eigenvalue weighted by molar-refractivity contribution is 5.42. The van der Waals surface area contributed by atoms with Crippen molar-refractivity contribution >= 4 is 0 Å². The number of aromatic nitrogens is 2. The molecular weight excluding hydrogens is 262 g/mol. The van der Waals surface area contributed by atoms with Gasteiger partial charge in [0, 0.05) is 18.8 Å². The number of aromatic hydroxyl groups is 1. The first-order valence-electron chi connectivity index (χ1n) is 7.48. The fourth-order valence-electron chi connectivity index (χ4n) is 2.64. The van der Waals surface area contributed by atoms with Gasteiger partial charge in [-0.3, -0.25) is 4.68 Å². The molecule has 1 aromatic heterocycles. The van der Waals surface area contributed by atoms with Gasteiger partial charge in [0.2, 0.25) is 0 Å².